The van der Waals surface area contributed by atoms with Crippen LogP contribution in [0, 0.1) is 0 Å². The zero-order valence-electron chi connectivity index (χ0n) is 9.97. The van der Waals surface area contributed by atoms with E-state index in [1.807, 2.05) is 11.8 Å². The number of ether oxygens (including phenoxy) is 1. The SMILES string of the molecule is C(COC1CCSC1)C[SiH]1O[SiH2]O[SiH2]O[SiH2]O1. The molecule has 2 rings (SSSR count). The molecular formula is C7H20O5SSi4. The van der Waals surface area contributed by atoms with Crippen molar-refractivity contribution in [3.8, 4) is 0 Å². The van der Waals surface area contributed by atoms with Crippen LogP contribution in [0.25, 0.3) is 0 Å². The van der Waals surface area contributed by atoms with Gasteiger partial charge in [0.05, 0.1) is 6.10 Å². The van der Waals surface area contributed by atoms with Crippen molar-refractivity contribution in [2.75, 3.05) is 18.1 Å². The topological polar surface area (TPSA) is 46.2 Å². The second-order valence-electron chi connectivity index (χ2n) is 4.02. The Bertz CT molecular complexity index is 201. The Hall–Kier alpha value is 1.02. The summed E-state index contributed by atoms with van der Waals surface area (Å²) in [5, 5.41) is 0. The summed E-state index contributed by atoms with van der Waals surface area (Å²) in [6.07, 6.45) is 2.76. The fourth-order valence-electron chi connectivity index (χ4n) is 1.73. The van der Waals surface area contributed by atoms with Gasteiger partial charge in [-0.05, 0) is 24.6 Å². The minimum absolute atomic E-state index is 0.488. The molecule has 2 aliphatic rings. The molecule has 0 aromatic rings. The van der Waals surface area contributed by atoms with Crippen molar-refractivity contribution >= 4 is 51.1 Å². The zero-order valence-corrected chi connectivity index (χ0v) is 16.2. The molecule has 0 radical (unpaired) electrons. The van der Waals surface area contributed by atoms with Gasteiger partial charge in [-0.3, -0.25) is 0 Å². The summed E-state index contributed by atoms with van der Waals surface area (Å²) in [6.45, 7) is 0.848. The van der Waals surface area contributed by atoms with Gasteiger partial charge in [0.15, 0.2) is 0 Å². The Balaban J connectivity index is 1.50. The third-order valence-corrected chi connectivity index (χ3v) is 11.4. The van der Waals surface area contributed by atoms with Gasteiger partial charge in [-0.15, -0.1) is 0 Å². The van der Waals surface area contributed by atoms with Gasteiger partial charge in [-0.2, -0.15) is 11.8 Å². The van der Waals surface area contributed by atoms with Gasteiger partial charge in [-0.1, -0.05) is 0 Å². The van der Waals surface area contributed by atoms with Gasteiger partial charge < -0.3 is 21.2 Å². The Morgan fingerprint density at radius 2 is 2.06 bits per heavy atom. The third kappa shape index (κ3) is 6.13. The van der Waals surface area contributed by atoms with Crippen LogP contribution in [0.3, 0.4) is 0 Å². The highest BCUT2D eigenvalue weighted by Crippen LogP contribution is 2.20. The van der Waals surface area contributed by atoms with Crippen LogP contribution in [0.1, 0.15) is 12.8 Å². The first-order valence-corrected chi connectivity index (χ1v) is 12.4. The minimum Gasteiger partial charge on any atom is -0.425 e. The van der Waals surface area contributed by atoms with Crippen LogP contribution in [0.4, 0.5) is 0 Å². The van der Waals surface area contributed by atoms with Crippen molar-refractivity contribution in [3.05, 3.63) is 0 Å². The molecule has 1 atom stereocenters. The monoisotopic (exact) mass is 328 g/mol. The maximum atomic E-state index is 5.81. The van der Waals surface area contributed by atoms with Crippen LogP contribution < -0.4 is 0 Å². The first-order chi connectivity index (χ1) is 8.45. The van der Waals surface area contributed by atoms with Crippen molar-refractivity contribution in [1.29, 1.82) is 0 Å². The maximum absolute atomic E-state index is 5.81. The lowest BCUT2D eigenvalue weighted by Gasteiger charge is -2.20. The maximum Gasteiger partial charge on any atom is 0.303 e. The average Bonchev–Trinajstić information content (AvgIpc) is 2.79. The molecule has 0 aliphatic carbocycles. The second-order valence-corrected chi connectivity index (χ2v) is 13.2. The second kappa shape index (κ2) is 9.01. The summed E-state index contributed by atoms with van der Waals surface area (Å²) in [7, 11) is -3.78. The predicted molar refractivity (Wildman–Crippen MR) is 78.2 cm³/mol. The molecule has 10 heteroatoms. The van der Waals surface area contributed by atoms with E-state index in [-0.39, 0.29) is 0 Å². The van der Waals surface area contributed by atoms with E-state index in [9.17, 15) is 0 Å². The predicted octanol–water partition coefficient (Wildman–Crippen LogP) is -1.80. The lowest BCUT2D eigenvalue weighted by atomic mass is 10.3. The first kappa shape index (κ1) is 14.4. The Morgan fingerprint density at radius 1 is 1.24 bits per heavy atom. The molecule has 0 spiro atoms. The van der Waals surface area contributed by atoms with Crippen molar-refractivity contribution < 1.29 is 21.2 Å². The fraction of sp³-hybridized carbons (Fsp3) is 1.00. The highest BCUT2D eigenvalue weighted by molar-refractivity contribution is 7.99. The van der Waals surface area contributed by atoms with E-state index in [0.29, 0.717) is 6.10 Å². The summed E-state index contributed by atoms with van der Waals surface area (Å²) < 4.78 is 28.0. The van der Waals surface area contributed by atoms with Crippen molar-refractivity contribution in [2.45, 2.75) is 25.0 Å². The van der Waals surface area contributed by atoms with Crippen LogP contribution in [0.2, 0.25) is 6.04 Å². The highest BCUT2D eigenvalue weighted by atomic mass is 32.2. The molecule has 5 nitrogen and oxygen atoms in total. The quantitative estimate of drug-likeness (QED) is 0.438. The van der Waals surface area contributed by atoms with Crippen molar-refractivity contribution in [3.63, 3.8) is 0 Å². The molecule has 100 valence electrons. The molecule has 2 saturated heterocycles. The number of rotatable bonds is 5. The van der Waals surface area contributed by atoms with Crippen LogP contribution in [-0.4, -0.2) is 63.5 Å². The number of thioether (sulfide) groups is 1. The third-order valence-electron chi connectivity index (χ3n) is 2.67. The lowest BCUT2D eigenvalue weighted by Crippen LogP contribution is -2.33. The van der Waals surface area contributed by atoms with E-state index in [4.69, 9.17) is 21.2 Å². The molecule has 2 heterocycles. The summed E-state index contributed by atoms with van der Waals surface area (Å²) in [6, 6.07) is 1.04. The molecule has 17 heavy (non-hydrogen) atoms. The summed E-state index contributed by atoms with van der Waals surface area (Å²) >= 11 is 1.99. The van der Waals surface area contributed by atoms with Gasteiger partial charge in [0, 0.05) is 12.4 Å². The molecule has 0 aromatic heterocycles. The molecule has 0 bridgehead atoms. The van der Waals surface area contributed by atoms with Gasteiger partial charge in [-0.25, -0.2) is 0 Å². The fourth-order valence-corrected chi connectivity index (χ4v) is 11.7. The lowest BCUT2D eigenvalue weighted by molar-refractivity contribution is 0.0711. The molecule has 0 saturated carbocycles. The summed E-state index contributed by atoms with van der Waals surface area (Å²) in [5.74, 6) is 2.42. The molecule has 0 N–H and O–H groups in total. The Morgan fingerprint density at radius 3 is 2.76 bits per heavy atom. The van der Waals surface area contributed by atoms with Gasteiger partial charge in [0.2, 0.25) is 0 Å². The largest absolute Gasteiger partial charge is 0.425 e. The minimum atomic E-state index is -1.45. The summed E-state index contributed by atoms with van der Waals surface area (Å²) in [5.41, 5.74) is 0. The van der Waals surface area contributed by atoms with Gasteiger partial charge in [0.25, 0.3) is 30.0 Å². The average molecular weight is 329 g/mol. The van der Waals surface area contributed by atoms with Gasteiger partial charge >= 0.3 is 9.28 Å². The van der Waals surface area contributed by atoms with E-state index >= 15 is 0 Å². The van der Waals surface area contributed by atoms with E-state index in [0.717, 1.165) is 19.1 Å². The molecular weight excluding hydrogens is 308 g/mol. The molecule has 2 fully saturated rings. The first-order valence-electron chi connectivity index (χ1n) is 6.03. The van der Waals surface area contributed by atoms with E-state index in [1.54, 1.807) is 0 Å². The van der Waals surface area contributed by atoms with Crippen molar-refractivity contribution in [1.82, 2.24) is 0 Å². The Kier molecular flexibility index (Phi) is 7.64. The van der Waals surface area contributed by atoms with Crippen LogP contribution in [-0.2, 0) is 21.2 Å². The highest BCUT2D eigenvalue weighted by Gasteiger charge is 2.18. The van der Waals surface area contributed by atoms with E-state index in [2.05, 4.69) is 0 Å². The normalized spacial score (nSPS) is 35.3. The number of hydrogen-bond acceptors (Lipinski definition) is 6. The van der Waals surface area contributed by atoms with Crippen LogP contribution in [0.5, 0.6) is 0 Å². The Labute approximate surface area is 115 Å². The summed E-state index contributed by atoms with van der Waals surface area (Å²) in [4.78, 5) is 0. The molecule has 0 amide bonds. The molecule has 2 aliphatic heterocycles. The van der Waals surface area contributed by atoms with Gasteiger partial charge in [0.1, 0.15) is 0 Å². The smallest absolute Gasteiger partial charge is 0.303 e. The number of hydrogen-bond donors (Lipinski definition) is 0. The van der Waals surface area contributed by atoms with Crippen LogP contribution in [0.15, 0.2) is 0 Å². The molecule has 1 unspecified atom stereocenters. The molecule has 0 aromatic carbocycles. The van der Waals surface area contributed by atoms with Crippen molar-refractivity contribution in [2.24, 2.45) is 0 Å². The standard InChI is InChI=1S/C7H20O5SSi4/c1(3-8-7-2-4-13-6-7)5-17-11-15-9-14-10-16-12-17/h7,17H,1-6,14-16H2. The zero-order chi connectivity index (χ0) is 11.8. The van der Waals surface area contributed by atoms with E-state index < -0.39 is 39.3 Å². The van der Waals surface area contributed by atoms with Crippen LogP contribution >= 0.6 is 11.8 Å². The van der Waals surface area contributed by atoms with E-state index in [1.165, 1.54) is 17.9 Å².